The number of nitrogens with one attached hydrogen (secondary N) is 2. The molecule has 0 saturated carbocycles. The van der Waals surface area contributed by atoms with Crippen molar-refractivity contribution in [2.75, 3.05) is 11.9 Å². The van der Waals surface area contributed by atoms with Crippen LogP contribution in [-0.4, -0.2) is 12.5 Å². The Morgan fingerprint density at radius 3 is 2.07 bits per heavy atom. The molecule has 3 aromatic carbocycles. The molecule has 0 spiro atoms. The van der Waals surface area contributed by atoms with Crippen molar-refractivity contribution in [1.29, 1.82) is 0 Å². The summed E-state index contributed by atoms with van der Waals surface area (Å²) in [6.45, 7) is 2.36. The van der Waals surface area contributed by atoms with E-state index < -0.39 is 0 Å². The number of anilines is 1. The molecule has 4 nitrogen and oxygen atoms in total. The molecule has 2 N–H and O–H groups in total. The zero-order chi connectivity index (χ0) is 18.9. The molecular weight excluding hydrogens is 336 g/mol. The van der Waals surface area contributed by atoms with Gasteiger partial charge in [0.25, 0.3) is 0 Å². The maximum Gasteiger partial charge on any atom is 0.238 e. The number of ether oxygens (including phenoxy) is 1. The summed E-state index contributed by atoms with van der Waals surface area (Å²) in [6.07, 6.45) is 0.919. The molecule has 4 heteroatoms. The van der Waals surface area contributed by atoms with Gasteiger partial charge in [-0.2, -0.15) is 0 Å². The van der Waals surface area contributed by atoms with Gasteiger partial charge in [-0.3, -0.25) is 4.79 Å². The average molecular weight is 360 g/mol. The lowest BCUT2D eigenvalue weighted by Crippen LogP contribution is -2.31. The van der Waals surface area contributed by atoms with Gasteiger partial charge in [0, 0.05) is 11.7 Å². The fourth-order valence-corrected chi connectivity index (χ4v) is 2.84. The molecule has 138 valence electrons. The Balaban J connectivity index is 1.50. The van der Waals surface area contributed by atoms with Crippen molar-refractivity contribution in [3.63, 3.8) is 0 Å². The van der Waals surface area contributed by atoms with Crippen LogP contribution in [0.5, 0.6) is 11.5 Å². The molecule has 3 aromatic rings. The van der Waals surface area contributed by atoms with Crippen molar-refractivity contribution in [3.8, 4) is 11.5 Å². The number of carbonyl (C=O) groups is 1. The Kier molecular flexibility index (Phi) is 6.61. The number of para-hydroxylation sites is 1. The van der Waals surface area contributed by atoms with Crippen LogP contribution in [0, 0.1) is 0 Å². The Bertz CT molecular complexity index is 833. The predicted octanol–water partition coefficient (Wildman–Crippen LogP) is 5.16. The van der Waals surface area contributed by atoms with E-state index in [1.807, 2.05) is 72.8 Å². The van der Waals surface area contributed by atoms with Gasteiger partial charge in [-0.1, -0.05) is 55.5 Å². The van der Waals surface area contributed by atoms with Gasteiger partial charge in [0.05, 0.1) is 6.54 Å². The van der Waals surface area contributed by atoms with Crippen LogP contribution in [0.15, 0.2) is 84.9 Å². The molecule has 0 aliphatic heterocycles. The summed E-state index contributed by atoms with van der Waals surface area (Å²) in [5.74, 6) is 1.44. The van der Waals surface area contributed by atoms with E-state index in [1.54, 1.807) is 0 Å². The largest absolute Gasteiger partial charge is 0.457 e. The molecule has 1 unspecified atom stereocenters. The minimum absolute atomic E-state index is 0.0684. The number of hydrogen-bond acceptors (Lipinski definition) is 3. The molecule has 0 aliphatic carbocycles. The maximum absolute atomic E-state index is 12.2. The number of hydrogen-bond donors (Lipinski definition) is 2. The molecule has 0 aromatic heterocycles. The number of benzene rings is 3. The molecule has 0 heterocycles. The van der Waals surface area contributed by atoms with Crippen molar-refractivity contribution in [3.05, 3.63) is 90.5 Å². The SMILES string of the molecule is CCC(NCC(=O)Nc1ccc(Oc2ccccc2)cc1)c1ccccc1. The molecule has 0 bridgehead atoms. The standard InChI is InChI=1S/C23H24N2O2/c1-2-22(18-9-5-3-6-10-18)24-17-23(26)25-19-13-15-21(16-14-19)27-20-11-7-4-8-12-20/h3-16,22,24H,2,17H2,1H3,(H,25,26). The van der Waals surface area contributed by atoms with Crippen LogP contribution in [0.25, 0.3) is 0 Å². The molecule has 1 atom stereocenters. The lowest BCUT2D eigenvalue weighted by molar-refractivity contribution is -0.115. The van der Waals surface area contributed by atoms with E-state index in [0.717, 1.165) is 23.6 Å². The normalized spacial score (nSPS) is 11.6. The quantitative estimate of drug-likeness (QED) is 0.583. The first-order chi connectivity index (χ1) is 13.2. The third kappa shape index (κ3) is 5.69. The number of amides is 1. The first-order valence-electron chi connectivity index (χ1n) is 9.15. The van der Waals surface area contributed by atoms with E-state index in [4.69, 9.17) is 4.74 Å². The molecule has 1 amide bonds. The summed E-state index contributed by atoms with van der Waals surface area (Å²) in [6, 6.07) is 27.3. The van der Waals surface area contributed by atoms with E-state index in [2.05, 4.69) is 29.7 Å². The van der Waals surface area contributed by atoms with Gasteiger partial charge < -0.3 is 15.4 Å². The summed E-state index contributed by atoms with van der Waals surface area (Å²) in [4.78, 5) is 12.2. The van der Waals surface area contributed by atoms with Crippen molar-refractivity contribution in [2.24, 2.45) is 0 Å². The van der Waals surface area contributed by atoms with E-state index in [9.17, 15) is 4.79 Å². The Morgan fingerprint density at radius 1 is 0.852 bits per heavy atom. The van der Waals surface area contributed by atoms with Gasteiger partial charge in [-0.05, 0) is 48.4 Å². The third-order valence-electron chi connectivity index (χ3n) is 4.24. The van der Waals surface area contributed by atoms with E-state index in [-0.39, 0.29) is 18.5 Å². The molecule has 0 saturated heterocycles. The lowest BCUT2D eigenvalue weighted by atomic mass is 10.0. The second kappa shape index (κ2) is 9.55. The fraction of sp³-hybridized carbons (Fsp3) is 0.174. The summed E-state index contributed by atoms with van der Waals surface area (Å²) in [5, 5.41) is 6.22. The Morgan fingerprint density at radius 2 is 1.44 bits per heavy atom. The number of carbonyl (C=O) groups excluding carboxylic acids is 1. The topological polar surface area (TPSA) is 50.4 Å². The van der Waals surface area contributed by atoms with Crippen molar-refractivity contribution >= 4 is 11.6 Å². The zero-order valence-corrected chi connectivity index (χ0v) is 15.4. The van der Waals surface area contributed by atoms with Crippen LogP contribution in [0.1, 0.15) is 24.9 Å². The van der Waals surface area contributed by atoms with Crippen LogP contribution in [0.4, 0.5) is 5.69 Å². The van der Waals surface area contributed by atoms with Gasteiger partial charge >= 0.3 is 0 Å². The van der Waals surface area contributed by atoms with Crippen LogP contribution in [-0.2, 0) is 4.79 Å². The molecule has 0 fully saturated rings. The number of rotatable bonds is 8. The second-order valence-electron chi connectivity index (χ2n) is 6.24. The van der Waals surface area contributed by atoms with Gasteiger partial charge in [0.2, 0.25) is 5.91 Å². The third-order valence-corrected chi connectivity index (χ3v) is 4.24. The first-order valence-corrected chi connectivity index (χ1v) is 9.15. The predicted molar refractivity (Wildman–Crippen MR) is 109 cm³/mol. The molecular formula is C23H24N2O2. The fourth-order valence-electron chi connectivity index (χ4n) is 2.84. The molecule has 27 heavy (non-hydrogen) atoms. The zero-order valence-electron chi connectivity index (χ0n) is 15.4. The smallest absolute Gasteiger partial charge is 0.238 e. The summed E-state index contributed by atoms with van der Waals surface area (Å²) in [5.41, 5.74) is 1.94. The van der Waals surface area contributed by atoms with Gasteiger partial charge in [0.15, 0.2) is 0 Å². The highest BCUT2D eigenvalue weighted by Crippen LogP contribution is 2.22. The minimum Gasteiger partial charge on any atom is -0.457 e. The Labute approximate surface area is 160 Å². The van der Waals surface area contributed by atoms with Crippen molar-refractivity contribution in [2.45, 2.75) is 19.4 Å². The maximum atomic E-state index is 12.2. The van der Waals surface area contributed by atoms with Gasteiger partial charge in [-0.25, -0.2) is 0 Å². The van der Waals surface area contributed by atoms with Crippen molar-refractivity contribution in [1.82, 2.24) is 5.32 Å². The highest BCUT2D eigenvalue weighted by molar-refractivity contribution is 5.92. The van der Waals surface area contributed by atoms with E-state index in [1.165, 1.54) is 5.56 Å². The van der Waals surface area contributed by atoms with E-state index in [0.29, 0.717) is 0 Å². The second-order valence-corrected chi connectivity index (χ2v) is 6.24. The Hall–Kier alpha value is -3.11. The molecule has 3 rings (SSSR count). The highest BCUT2D eigenvalue weighted by atomic mass is 16.5. The summed E-state index contributed by atoms with van der Waals surface area (Å²) >= 11 is 0. The highest BCUT2D eigenvalue weighted by Gasteiger charge is 2.10. The minimum atomic E-state index is -0.0684. The van der Waals surface area contributed by atoms with Crippen LogP contribution < -0.4 is 15.4 Å². The van der Waals surface area contributed by atoms with Crippen LogP contribution >= 0.6 is 0 Å². The van der Waals surface area contributed by atoms with Crippen molar-refractivity contribution < 1.29 is 9.53 Å². The first kappa shape index (κ1) is 18.7. The van der Waals surface area contributed by atoms with Crippen LogP contribution in [0.2, 0.25) is 0 Å². The van der Waals surface area contributed by atoms with E-state index >= 15 is 0 Å². The van der Waals surface area contributed by atoms with Crippen LogP contribution in [0.3, 0.4) is 0 Å². The average Bonchev–Trinajstić information content (AvgIpc) is 2.71. The molecule has 0 radical (unpaired) electrons. The van der Waals surface area contributed by atoms with Gasteiger partial charge in [-0.15, -0.1) is 0 Å². The summed E-state index contributed by atoms with van der Waals surface area (Å²) in [7, 11) is 0. The van der Waals surface area contributed by atoms with Gasteiger partial charge in [0.1, 0.15) is 11.5 Å². The lowest BCUT2D eigenvalue weighted by Gasteiger charge is -2.17. The monoisotopic (exact) mass is 360 g/mol. The summed E-state index contributed by atoms with van der Waals surface area (Å²) < 4.78 is 5.76. The molecule has 0 aliphatic rings.